The Labute approximate surface area is 150 Å². The molecular formula is C18H20N2O4S. The number of carbonyl (C=O) groups excluding carboxylic acids is 3. The van der Waals surface area contributed by atoms with Gasteiger partial charge in [0.05, 0.1) is 19.1 Å². The van der Waals surface area contributed by atoms with Crippen molar-refractivity contribution in [3.05, 3.63) is 51.2 Å². The lowest BCUT2D eigenvalue weighted by Gasteiger charge is -2.07. The molecule has 2 N–H and O–H groups in total. The Kier molecular flexibility index (Phi) is 6.30. The summed E-state index contributed by atoms with van der Waals surface area (Å²) in [5.74, 6) is -0.833. The topological polar surface area (TPSA) is 84.5 Å². The molecule has 0 radical (unpaired) electrons. The number of methoxy groups -OCH3 is 1. The molecule has 1 aromatic carbocycles. The van der Waals surface area contributed by atoms with E-state index < -0.39 is 0 Å². The van der Waals surface area contributed by atoms with Crippen molar-refractivity contribution in [1.82, 2.24) is 5.32 Å². The number of hydrogen-bond acceptors (Lipinski definition) is 5. The number of hydrogen-bond donors (Lipinski definition) is 2. The summed E-state index contributed by atoms with van der Waals surface area (Å²) in [6.45, 7) is 4.08. The van der Waals surface area contributed by atoms with E-state index in [-0.39, 0.29) is 30.7 Å². The zero-order chi connectivity index (χ0) is 18.4. The van der Waals surface area contributed by atoms with Gasteiger partial charge in [0, 0.05) is 27.5 Å². The highest BCUT2D eigenvalue weighted by atomic mass is 32.1. The largest absolute Gasteiger partial charge is 0.469 e. The van der Waals surface area contributed by atoms with Gasteiger partial charge >= 0.3 is 5.97 Å². The summed E-state index contributed by atoms with van der Waals surface area (Å²) in [5.41, 5.74) is 1.72. The zero-order valence-corrected chi connectivity index (χ0v) is 15.2. The first-order chi connectivity index (χ1) is 11.9. The van der Waals surface area contributed by atoms with Crippen LogP contribution in [0.4, 0.5) is 5.69 Å². The minimum absolute atomic E-state index is 0.121. The molecule has 0 saturated heterocycles. The normalized spacial score (nSPS) is 10.2. The molecule has 0 aliphatic rings. The number of anilines is 1. The highest BCUT2D eigenvalue weighted by Gasteiger charge is 2.12. The van der Waals surface area contributed by atoms with Crippen molar-refractivity contribution in [1.29, 1.82) is 0 Å². The summed E-state index contributed by atoms with van der Waals surface area (Å²) < 4.78 is 4.51. The van der Waals surface area contributed by atoms with Crippen LogP contribution in [0.1, 0.15) is 36.9 Å². The molecule has 0 aliphatic carbocycles. The van der Waals surface area contributed by atoms with Crippen molar-refractivity contribution in [3.8, 4) is 0 Å². The molecule has 0 saturated carbocycles. The van der Waals surface area contributed by atoms with Crippen LogP contribution in [0, 0.1) is 13.8 Å². The minimum atomic E-state index is -0.377. The molecule has 0 aliphatic heterocycles. The number of aryl methyl sites for hydroxylation is 2. The van der Waals surface area contributed by atoms with Gasteiger partial charge in [-0.3, -0.25) is 14.4 Å². The van der Waals surface area contributed by atoms with Crippen LogP contribution in [-0.4, -0.2) is 31.4 Å². The summed E-state index contributed by atoms with van der Waals surface area (Å²) in [4.78, 5) is 37.3. The van der Waals surface area contributed by atoms with Gasteiger partial charge < -0.3 is 15.4 Å². The molecule has 1 heterocycles. The Morgan fingerprint density at radius 3 is 2.32 bits per heavy atom. The Hall–Kier alpha value is -2.67. The van der Waals surface area contributed by atoms with Crippen LogP contribution in [-0.2, 0) is 9.53 Å². The summed E-state index contributed by atoms with van der Waals surface area (Å²) in [6.07, 6.45) is 0.121. The van der Waals surface area contributed by atoms with Crippen LogP contribution in [0.3, 0.4) is 0 Å². The average Bonchev–Trinajstić information content (AvgIpc) is 2.93. The second kappa shape index (κ2) is 8.43. The van der Waals surface area contributed by atoms with E-state index in [9.17, 15) is 14.4 Å². The number of thiophene rings is 1. The highest BCUT2D eigenvalue weighted by Crippen LogP contribution is 2.21. The van der Waals surface area contributed by atoms with E-state index in [2.05, 4.69) is 15.4 Å². The van der Waals surface area contributed by atoms with Crippen molar-refractivity contribution in [2.75, 3.05) is 19.0 Å². The van der Waals surface area contributed by atoms with Crippen LogP contribution >= 0.6 is 11.3 Å². The van der Waals surface area contributed by atoms with E-state index in [1.807, 2.05) is 19.9 Å². The molecule has 0 unspecified atom stereocenters. The van der Waals surface area contributed by atoms with Crippen molar-refractivity contribution in [2.45, 2.75) is 20.3 Å². The smallest absolute Gasteiger partial charge is 0.307 e. The third kappa shape index (κ3) is 5.15. The molecule has 1 aromatic heterocycles. The lowest BCUT2D eigenvalue weighted by molar-refractivity contribution is -0.140. The van der Waals surface area contributed by atoms with Crippen LogP contribution in [0.15, 0.2) is 30.3 Å². The number of esters is 1. The molecular weight excluding hydrogens is 340 g/mol. The predicted octanol–water partition coefficient (Wildman–Crippen LogP) is 2.91. The molecule has 0 spiro atoms. The molecule has 2 rings (SSSR count). The number of rotatable bonds is 6. The van der Waals surface area contributed by atoms with Gasteiger partial charge in [0.2, 0.25) is 0 Å². The number of amides is 2. The molecule has 6 nitrogen and oxygen atoms in total. The third-order valence-electron chi connectivity index (χ3n) is 3.53. The maximum Gasteiger partial charge on any atom is 0.307 e. The minimum Gasteiger partial charge on any atom is -0.469 e. The van der Waals surface area contributed by atoms with E-state index >= 15 is 0 Å². The van der Waals surface area contributed by atoms with Crippen molar-refractivity contribution < 1.29 is 19.1 Å². The van der Waals surface area contributed by atoms with Gasteiger partial charge in [0.25, 0.3) is 11.8 Å². The van der Waals surface area contributed by atoms with Crippen molar-refractivity contribution in [2.24, 2.45) is 0 Å². The van der Waals surface area contributed by atoms with Crippen molar-refractivity contribution in [3.63, 3.8) is 0 Å². The summed E-state index contributed by atoms with van der Waals surface area (Å²) in [5, 5.41) is 5.45. The first-order valence-electron chi connectivity index (χ1n) is 7.74. The Morgan fingerprint density at radius 1 is 1.08 bits per heavy atom. The zero-order valence-electron chi connectivity index (χ0n) is 14.3. The van der Waals surface area contributed by atoms with Gasteiger partial charge in [0.15, 0.2) is 0 Å². The van der Waals surface area contributed by atoms with Gasteiger partial charge in [-0.1, -0.05) is 0 Å². The maximum absolute atomic E-state index is 12.3. The van der Waals surface area contributed by atoms with Gasteiger partial charge in [0.1, 0.15) is 0 Å². The summed E-state index contributed by atoms with van der Waals surface area (Å²) >= 11 is 1.58. The Bertz CT molecular complexity index is 781. The molecule has 7 heteroatoms. The van der Waals surface area contributed by atoms with E-state index in [0.29, 0.717) is 16.8 Å². The molecule has 132 valence electrons. The number of ether oxygens (including phenoxy) is 1. The Balaban J connectivity index is 1.93. The van der Waals surface area contributed by atoms with E-state index in [1.165, 1.54) is 7.11 Å². The SMILES string of the molecule is COC(=O)CCNC(=O)c1ccc(NC(=O)c2cc(C)sc2C)cc1. The fraction of sp³-hybridized carbons (Fsp3) is 0.278. The van der Waals surface area contributed by atoms with Crippen molar-refractivity contribution >= 4 is 34.8 Å². The average molecular weight is 360 g/mol. The van der Waals surface area contributed by atoms with E-state index in [0.717, 1.165) is 9.75 Å². The quantitative estimate of drug-likeness (QED) is 0.776. The first-order valence-corrected chi connectivity index (χ1v) is 8.56. The molecule has 0 fully saturated rings. The molecule has 0 atom stereocenters. The number of nitrogens with one attached hydrogen (secondary N) is 2. The second-order valence-corrected chi connectivity index (χ2v) is 6.90. The molecule has 0 bridgehead atoms. The van der Waals surface area contributed by atoms with Crippen LogP contribution < -0.4 is 10.6 Å². The van der Waals surface area contributed by atoms with E-state index in [1.54, 1.807) is 35.6 Å². The monoisotopic (exact) mass is 360 g/mol. The number of carbonyl (C=O) groups is 3. The fourth-order valence-electron chi connectivity index (χ4n) is 2.24. The van der Waals surface area contributed by atoms with Crippen LogP contribution in [0.25, 0.3) is 0 Å². The lowest BCUT2D eigenvalue weighted by Crippen LogP contribution is -2.26. The number of benzene rings is 1. The van der Waals surface area contributed by atoms with Crippen LogP contribution in [0.5, 0.6) is 0 Å². The highest BCUT2D eigenvalue weighted by molar-refractivity contribution is 7.12. The summed E-state index contributed by atoms with van der Waals surface area (Å²) in [7, 11) is 1.30. The lowest BCUT2D eigenvalue weighted by atomic mass is 10.1. The predicted molar refractivity (Wildman–Crippen MR) is 97.2 cm³/mol. The standard InChI is InChI=1S/C18H20N2O4S/c1-11-10-15(12(2)25-11)18(23)20-14-6-4-13(5-7-14)17(22)19-9-8-16(21)24-3/h4-7,10H,8-9H2,1-3H3,(H,19,22)(H,20,23). The Morgan fingerprint density at radius 2 is 1.76 bits per heavy atom. The van der Waals surface area contributed by atoms with Gasteiger partial charge in [-0.25, -0.2) is 0 Å². The molecule has 2 amide bonds. The van der Waals surface area contributed by atoms with Crippen LogP contribution in [0.2, 0.25) is 0 Å². The third-order valence-corrected chi connectivity index (χ3v) is 4.50. The van der Waals surface area contributed by atoms with E-state index in [4.69, 9.17) is 0 Å². The second-order valence-electron chi connectivity index (χ2n) is 5.44. The van der Waals surface area contributed by atoms with Gasteiger partial charge in [-0.05, 0) is 44.2 Å². The molecule has 25 heavy (non-hydrogen) atoms. The first kappa shape index (κ1) is 18.7. The fourth-order valence-corrected chi connectivity index (χ4v) is 3.16. The summed E-state index contributed by atoms with van der Waals surface area (Å²) in [6, 6.07) is 8.44. The molecule has 2 aromatic rings. The van der Waals surface area contributed by atoms with Gasteiger partial charge in [-0.15, -0.1) is 11.3 Å². The maximum atomic E-state index is 12.3. The van der Waals surface area contributed by atoms with Gasteiger partial charge in [-0.2, -0.15) is 0 Å².